The number of rotatable bonds is 7. The van der Waals surface area contributed by atoms with E-state index < -0.39 is 0 Å². The molecule has 1 aliphatic heterocycles. The molecule has 2 heterocycles. The lowest BCUT2D eigenvalue weighted by Crippen LogP contribution is -2.27. The number of hydrogen-bond acceptors (Lipinski definition) is 5. The third kappa shape index (κ3) is 5.23. The van der Waals surface area contributed by atoms with Gasteiger partial charge < -0.3 is 4.74 Å². The SMILES string of the molecule is CCN1C(=O)C(=Cc2cn(-c3ccccc3)nc2-c2ccc(OCc3ccc(Cl)cc3)cc2)SC1=S. The lowest BCUT2D eigenvalue weighted by atomic mass is 10.1. The predicted octanol–water partition coefficient (Wildman–Crippen LogP) is 6.99. The molecule has 8 heteroatoms. The summed E-state index contributed by atoms with van der Waals surface area (Å²) in [6.07, 6.45) is 3.82. The Labute approximate surface area is 224 Å². The molecule has 1 aliphatic rings. The third-order valence-electron chi connectivity index (χ3n) is 5.69. The van der Waals surface area contributed by atoms with E-state index in [0.29, 0.717) is 27.4 Å². The van der Waals surface area contributed by atoms with Crippen molar-refractivity contribution in [1.82, 2.24) is 14.7 Å². The summed E-state index contributed by atoms with van der Waals surface area (Å²) in [4.78, 5) is 15.0. The van der Waals surface area contributed by atoms with Crippen LogP contribution in [-0.2, 0) is 11.4 Å². The standard InChI is InChI=1S/C28H22ClN3O2S2/c1-2-31-27(33)25(36-28(31)35)16-21-17-32(23-6-4-3-5-7-23)30-26(21)20-10-14-24(15-11-20)34-18-19-8-12-22(29)13-9-19/h3-17H,2,18H2,1H3. The molecule has 1 saturated heterocycles. The number of carbonyl (C=O) groups is 1. The van der Waals surface area contributed by atoms with Crippen LogP contribution in [-0.4, -0.2) is 31.5 Å². The van der Waals surface area contributed by atoms with Crippen LogP contribution in [0.1, 0.15) is 18.1 Å². The van der Waals surface area contributed by atoms with Gasteiger partial charge in [0.1, 0.15) is 16.7 Å². The van der Waals surface area contributed by atoms with Gasteiger partial charge in [0.2, 0.25) is 0 Å². The summed E-state index contributed by atoms with van der Waals surface area (Å²) in [5.74, 6) is 0.679. The van der Waals surface area contributed by atoms with E-state index in [0.717, 1.165) is 33.8 Å². The Kier molecular flexibility index (Phi) is 7.23. The van der Waals surface area contributed by atoms with Crippen LogP contribution in [0.3, 0.4) is 0 Å². The highest BCUT2D eigenvalue weighted by Crippen LogP contribution is 2.35. The van der Waals surface area contributed by atoms with Gasteiger partial charge in [-0.3, -0.25) is 9.69 Å². The first-order chi connectivity index (χ1) is 17.5. The second-order valence-electron chi connectivity index (χ2n) is 8.08. The quantitative estimate of drug-likeness (QED) is 0.190. The Balaban J connectivity index is 1.45. The fourth-order valence-corrected chi connectivity index (χ4v) is 5.30. The second-order valence-corrected chi connectivity index (χ2v) is 10.2. The van der Waals surface area contributed by atoms with Crippen molar-refractivity contribution in [2.45, 2.75) is 13.5 Å². The molecule has 0 N–H and O–H groups in total. The van der Waals surface area contributed by atoms with Crippen molar-refractivity contribution in [3.05, 3.63) is 106 Å². The molecule has 4 aromatic rings. The van der Waals surface area contributed by atoms with Gasteiger partial charge in [-0.2, -0.15) is 5.10 Å². The van der Waals surface area contributed by atoms with Crippen molar-refractivity contribution in [2.75, 3.05) is 6.54 Å². The summed E-state index contributed by atoms with van der Waals surface area (Å²) in [6.45, 7) is 2.92. The average Bonchev–Trinajstić information content (AvgIpc) is 3.44. The molecular weight excluding hydrogens is 510 g/mol. The van der Waals surface area contributed by atoms with Gasteiger partial charge in [0, 0.05) is 28.9 Å². The minimum absolute atomic E-state index is 0.0724. The molecule has 0 radical (unpaired) electrons. The van der Waals surface area contributed by atoms with E-state index in [1.54, 1.807) is 4.90 Å². The van der Waals surface area contributed by atoms with Crippen molar-refractivity contribution in [1.29, 1.82) is 0 Å². The molecule has 36 heavy (non-hydrogen) atoms. The molecule has 180 valence electrons. The first kappa shape index (κ1) is 24.3. The van der Waals surface area contributed by atoms with Crippen molar-refractivity contribution in [3.8, 4) is 22.7 Å². The van der Waals surface area contributed by atoms with Crippen LogP contribution >= 0.6 is 35.6 Å². The Morgan fingerprint density at radius 3 is 2.42 bits per heavy atom. The van der Waals surface area contributed by atoms with E-state index in [9.17, 15) is 4.79 Å². The van der Waals surface area contributed by atoms with Crippen LogP contribution in [0, 0.1) is 0 Å². The van der Waals surface area contributed by atoms with Crippen LogP contribution in [0.4, 0.5) is 0 Å². The van der Waals surface area contributed by atoms with E-state index >= 15 is 0 Å². The van der Waals surface area contributed by atoms with Gasteiger partial charge in [-0.1, -0.05) is 65.9 Å². The molecule has 0 bridgehead atoms. The van der Waals surface area contributed by atoms with E-state index in [1.165, 1.54) is 11.8 Å². The number of para-hydroxylation sites is 1. The summed E-state index contributed by atoms with van der Waals surface area (Å²) in [5.41, 5.74) is 4.50. The number of benzene rings is 3. The Morgan fingerprint density at radius 2 is 1.75 bits per heavy atom. The minimum Gasteiger partial charge on any atom is -0.489 e. The number of halogens is 1. The zero-order valence-electron chi connectivity index (χ0n) is 19.4. The molecule has 3 aromatic carbocycles. The molecule has 1 fully saturated rings. The number of ether oxygens (including phenoxy) is 1. The second kappa shape index (κ2) is 10.7. The van der Waals surface area contributed by atoms with Crippen molar-refractivity contribution in [3.63, 3.8) is 0 Å². The van der Waals surface area contributed by atoms with Gasteiger partial charge in [-0.25, -0.2) is 4.68 Å². The maximum Gasteiger partial charge on any atom is 0.266 e. The number of likely N-dealkylation sites (N-methyl/N-ethyl adjacent to an activating group) is 1. The van der Waals surface area contributed by atoms with Crippen LogP contribution in [0.2, 0.25) is 5.02 Å². The molecular formula is C28H22ClN3O2S2. The smallest absolute Gasteiger partial charge is 0.266 e. The zero-order chi connectivity index (χ0) is 25.1. The van der Waals surface area contributed by atoms with E-state index in [1.807, 2.05) is 103 Å². The summed E-state index contributed by atoms with van der Waals surface area (Å²) < 4.78 is 8.34. The summed E-state index contributed by atoms with van der Waals surface area (Å²) in [5, 5.41) is 5.56. The number of thiocarbonyl (C=S) groups is 1. The number of hydrogen-bond donors (Lipinski definition) is 0. The van der Waals surface area contributed by atoms with Crippen molar-refractivity contribution >= 4 is 51.9 Å². The predicted molar refractivity (Wildman–Crippen MR) is 150 cm³/mol. The highest BCUT2D eigenvalue weighted by atomic mass is 35.5. The van der Waals surface area contributed by atoms with E-state index in [4.69, 9.17) is 33.7 Å². The summed E-state index contributed by atoms with van der Waals surface area (Å²) in [6, 6.07) is 25.3. The number of carbonyl (C=O) groups excluding carboxylic acids is 1. The molecule has 0 saturated carbocycles. The Bertz CT molecular complexity index is 1430. The highest BCUT2D eigenvalue weighted by molar-refractivity contribution is 8.26. The molecule has 1 amide bonds. The molecule has 0 spiro atoms. The van der Waals surface area contributed by atoms with Crippen LogP contribution in [0.25, 0.3) is 23.0 Å². The fraction of sp³-hybridized carbons (Fsp3) is 0.107. The largest absolute Gasteiger partial charge is 0.489 e. The van der Waals surface area contributed by atoms with E-state index in [-0.39, 0.29) is 5.91 Å². The number of aromatic nitrogens is 2. The number of nitrogens with zero attached hydrogens (tertiary/aromatic N) is 3. The summed E-state index contributed by atoms with van der Waals surface area (Å²) in [7, 11) is 0. The maximum absolute atomic E-state index is 12.8. The molecule has 0 atom stereocenters. The third-order valence-corrected chi connectivity index (χ3v) is 7.32. The van der Waals surface area contributed by atoms with Crippen LogP contribution in [0.15, 0.2) is 90.0 Å². The van der Waals surface area contributed by atoms with E-state index in [2.05, 4.69) is 0 Å². The fourth-order valence-electron chi connectivity index (χ4n) is 3.80. The van der Waals surface area contributed by atoms with Crippen molar-refractivity contribution < 1.29 is 9.53 Å². The minimum atomic E-state index is -0.0724. The van der Waals surface area contributed by atoms with Crippen LogP contribution in [0.5, 0.6) is 5.75 Å². The molecule has 0 unspecified atom stereocenters. The monoisotopic (exact) mass is 531 g/mol. The number of amides is 1. The molecule has 1 aromatic heterocycles. The Morgan fingerprint density at radius 1 is 1.03 bits per heavy atom. The lowest BCUT2D eigenvalue weighted by Gasteiger charge is -2.09. The average molecular weight is 532 g/mol. The van der Waals surface area contributed by atoms with Gasteiger partial charge in [-0.15, -0.1) is 0 Å². The zero-order valence-corrected chi connectivity index (χ0v) is 21.8. The Hall–Kier alpha value is -3.39. The number of thioether (sulfide) groups is 1. The first-order valence-corrected chi connectivity index (χ1v) is 13.0. The van der Waals surface area contributed by atoms with Gasteiger partial charge in [0.15, 0.2) is 0 Å². The van der Waals surface area contributed by atoms with Crippen LogP contribution < -0.4 is 4.74 Å². The van der Waals surface area contributed by atoms with Gasteiger partial charge >= 0.3 is 0 Å². The normalized spacial score (nSPS) is 14.6. The van der Waals surface area contributed by atoms with Gasteiger partial charge in [-0.05, 0) is 67.1 Å². The van der Waals surface area contributed by atoms with Gasteiger partial charge in [0.25, 0.3) is 5.91 Å². The first-order valence-electron chi connectivity index (χ1n) is 11.4. The topological polar surface area (TPSA) is 47.4 Å². The maximum atomic E-state index is 12.8. The van der Waals surface area contributed by atoms with Crippen molar-refractivity contribution in [2.24, 2.45) is 0 Å². The molecule has 5 nitrogen and oxygen atoms in total. The molecule has 5 rings (SSSR count). The van der Waals surface area contributed by atoms with Gasteiger partial charge in [0.05, 0.1) is 16.3 Å². The summed E-state index contributed by atoms with van der Waals surface area (Å²) >= 11 is 12.7. The lowest BCUT2D eigenvalue weighted by molar-refractivity contribution is -0.121. The highest BCUT2D eigenvalue weighted by Gasteiger charge is 2.31. The molecule has 0 aliphatic carbocycles.